The van der Waals surface area contributed by atoms with Crippen LogP contribution in [-0.2, 0) is 0 Å². The predicted molar refractivity (Wildman–Crippen MR) is 86.3 cm³/mol. The highest BCUT2D eigenvalue weighted by molar-refractivity contribution is 6.85. The van der Waals surface area contributed by atoms with Gasteiger partial charge < -0.3 is 0 Å². The second-order valence-electron chi connectivity index (χ2n) is 6.03. The molecule has 1 atom stereocenters. The number of aliphatic imine (C=N–C) groups is 1. The molecule has 0 saturated heterocycles. The van der Waals surface area contributed by atoms with Crippen LogP contribution in [0.2, 0.25) is 18.6 Å². The molecule has 1 rings (SSSR count). The lowest BCUT2D eigenvalue weighted by atomic mass is 10.1. The third-order valence-corrected chi connectivity index (χ3v) is 9.65. The summed E-state index contributed by atoms with van der Waals surface area (Å²) in [5, 5.41) is 1.70. The van der Waals surface area contributed by atoms with Crippen molar-refractivity contribution in [1.82, 2.24) is 0 Å². The van der Waals surface area contributed by atoms with Gasteiger partial charge in [0, 0.05) is 6.54 Å². The van der Waals surface area contributed by atoms with Crippen molar-refractivity contribution in [2.24, 2.45) is 4.99 Å². The van der Waals surface area contributed by atoms with Crippen LogP contribution in [0.3, 0.4) is 0 Å². The summed E-state index contributed by atoms with van der Waals surface area (Å²) in [7, 11) is -1.16. The molecule has 1 nitrogen and oxygen atoms in total. The fraction of sp³-hybridized carbons (Fsp3) is 0.812. The van der Waals surface area contributed by atoms with E-state index in [1.807, 2.05) is 0 Å². The third-order valence-electron chi connectivity index (χ3n) is 4.61. The van der Waals surface area contributed by atoms with E-state index in [0.717, 1.165) is 6.54 Å². The number of hydrogen-bond acceptors (Lipinski definition) is 1. The topological polar surface area (TPSA) is 12.4 Å². The Labute approximate surface area is 115 Å². The van der Waals surface area contributed by atoms with Crippen molar-refractivity contribution in [3.63, 3.8) is 0 Å². The minimum absolute atomic E-state index is 1.06. The summed E-state index contributed by atoms with van der Waals surface area (Å²) in [6, 6.07) is 2.88. The van der Waals surface area contributed by atoms with Gasteiger partial charge in [-0.25, -0.2) is 0 Å². The van der Waals surface area contributed by atoms with Crippen molar-refractivity contribution in [2.75, 3.05) is 6.54 Å². The molecule has 0 amide bonds. The number of allylic oxidation sites excluding steroid dienone is 2. The molecule has 0 spiro atoms. The van der Waals surface area contributed by atoms with E-state index >= 15 is 0 Å². The zero-order valence-corrected chi connectivity index (χ0v) is 13.7. The molecule has 1 heterocycles. The maximum Gasteiger partial charge on any atom is 0.0780 e. The van der Waals surface area contributed by atoms with Crippen molar-refractivity contribution in [2.45, 2.75) is 77.4 Å². The maximum absolute atomic E-state index is 4.56. The van der Waals surface area contributed by atoms with Crippen LogP contribution >= 0.6 is 0 Å². The molecule has 0 saturated carbocycles. The molecule has 0 aliphatic carbocycles. The Bertz CT molecular complexity index is 283. The van der Waals surface area contributed by atoms with Gasteiger partial charge in [0.1, 0.15) is 0 Å². The largest absolute Gasteiger partial charge is 0.298 e. The number of rotatable bonds is 1. The van der Waals surface area contributed by atoms with E-state index in [-0.39, 0.29) is 0 Å². The lowest BCUT2D eigenvalue weighted by Crippen LogP contribution is -2.32. The Morgan fingerprint density at radius 2 is 1.72 bits per heavy atom. The Kier molecular flexibility index (Phi) is 7.56. The fourth-order valence-electron chi connectivity index (χ4n) is 2.86. The third kappa shape index (κ3) is 5.51. The molecule has 0 N–H and O–H groups in total. The van der Waals surface area contributed by atoms with Crippen molar-refractivity contribution in [3.05, 3.63) is 11.3 Å². The lowest BCUT2D eigenvalue weighted by Gasteiger charge is -2.28. The monoisotopic (exact) mass is 265 g/mol. The number of nitrogens with zero attached hydrogens (tertiary/aromatic N) is 1. The van der Waals surface area contributed by atoms with E-state index in [2.05, 4.69) is 37.7 Å². The fourth-order valence-corrected chi connectivity index (χ4v) is 6.39. The zero-order chi connectivity index (χ0) is 13.3. The first-order valence-corrected chi connectivity index (χ1v) is 10.7. The van der Waals surface area contributed by atoms with Crippen molar-refractivity contribution in [1.29, 1.82) is 0 Å². The molecule has 1 unspecified atom stereocenters. The molecular weight excluding hydrogens is 234 g/mol. The highest BCUT2D eigenvalue weighted by Crippen LogP contribution is 2.28. The minimum Gasteiger partial charge on any atom is -0.298 e. The van der Waals surface area contributed by atoms with Gasteiger partial charge in [-0.05, 0) is 38.9 Å². The Hall–Kier alpha value is -0.373. The van der Waals surface area contributed by atoms with Crippen molar-refractivity contribution in [3.8, 4) is 0 Å². The first kappa shape index (κ1) is 15.7. The standard InChI is InChI=1S/C16H31NSi/c1-4-16(2)18(3)14-10-8-6-5-7-9-12-17-13-11-15-18/h4,13H,5-12,14-15H2,1-3H3/b16-4+,17-13?. The summed E-state index contributed by atoms with van der Waals surface area (Å²) in [6.45, 7) is 8.21. The predicted octanol–water partition coefficient (Wildman–Crippen LogP) is 5.39. The van der Waals surface area contributed by atoms with Crippen LogP contribution in [0.5, 0.6) is 0 Å². The molecule has 0 aromatic heterocycles. The average Bonchev–Trinajstić information content (AvgIpc) is 2.40. The summed E-state index contributed by atoms with van der Waals surface area (Å²) in [4.78, 5) is 4.56. The van der Waals surface area contributed by atoms with Gasteiger partial charge in [-0.15, -0.1) is 0 Å². The van der Waals surface area contributed by atoms with Crippen LogP contribution < -0.4 is 0 Å². The quantitative estimate of drug-likeness (QED) is 0.564. The molecule has 0 fully saturated rings. The Morgan fingerprint density at radius 3 is 2.44 bits per heavy atom. The van der Waals surface area contributed by atoms with Crippen LogP contribution in [0.4, 0.5) is 0 Å². The van der Waals surface area contributed by atoms with Crippen molar-refractivity contribution >= 4 is 14.3 Å². The van der Waals surface area contributed by atoms with Gasteiger partial charge in [0.25, 0.3) is 0 Å². The lowest BCUT2D eigenvalue weighted by molar-refractivity contribution is 0.611. The normalized spacial score (nSPS) is 29.2. The second kappa shape index (κ2) is 8.68. The van der Waals surface area contributed by atoms with E-state index in [9.17, 15) is 0 Å². The van der Waals surface area contributed by atoms with E-state index in [1.54, 1.807) is 5.20 Å². The SMILES string of the molecule is C/C=C(\C)[Si]1(C)CCC=NCCCCCCCC1. The molecule has 0 aromatic carbocycles. The molecule has 1 aliphatic rings. The highest BCUT2D eigenvalue weighted by Gasteiger charge is 2.27. The zero-order valence-electron chi connectivity index (χ0n) is 12.7. The molecule has 0 radical (unpaired) electrons. The molecular formula is C16H31NSi. The first-order chi connectivity index (χ1) is 8.69. The van der Waals surface area contributed by atoms with Crippen molar-refractivity contribution < 1.29 is 0 Å². The summed E-state index contributed by atoms with van der Waals surface area (Å²) in [5.74, 6) is 0. The van der Waals surface area contributed by atoms with Crippen LogP contribution in [0.15, 0.2) is 16.3 Å². The van der Waals surface area contributed by atoms with Gasteiger partial charge in [-0.3, -0.25) is 4.99 Å². The maximum atomic E-state index is 4.56. The van der Waals surface area contributed by atoms with Gasteiger partial charge in [-0.2, -0.15) is 0 Å². The van der Waals surface area contributed by atoms with Crippen LogP contribution in [0.1, 0.15) is 58.8 Å². The van der Waals surface area contributed by atoms with Crippen LogP contribution in [0.25, 0.3) is 0 Å². The summed E-state index contributed by atoms with van der Waals surface area (Å²) < 4.78 is 0. The van der Waals surface area contributed by atoms with Gasteiger partial charge in [0.15, 0.2) is 0 Å². The van der Waals surface area contributed by atoms with Crippen LogP contribution in [0, 0.1) is 0 Å². The molecule has 0 bridgehead atoms. The van der Waals surface area contributed by atoms with Gasteiger partial charge in [-0.1, -0.05) is 56.0 Å². The first-order valence-electron chi connectivity index (χ1n) is 7.81. The van der Waals surface area contributed by atoms with Gasteiger partial charge in [0.2, 0.25) is 0 Å². The smallest absolute Gasteiger partial charge is 0.0780 e. The Balaban J connectivity index is 2.60. The molecule has 2 heteroatoms. The second-order valence-corrected chi connectivity index (χ2v) is 10.9. The van der Waals surface area contributed by atoms with Gasteiger partial charge >= 0.3 is 0 Å². The minimum atomic E-state index is -1.16. The summed E-state index contributed by atoms with van der Waals surface area (Å²) in [5.41, 5.74) is 0. The summed E-state index contributed by atoms with van der Waals surface area (Å²) >= 11 is 0. The molecule has 104 valence electrons. The van der Waals surface area contributed by atoms with Gasteiger partial charge in [0.05, 0.1) is 8.07 Å². The molecule has 1 aliphatic heterocycles. The molecule has 18 heavy (non-hydrogen) atoms. The Morgan fingerprint density at radius 1 is 1.06 bits per heavy atom. The highest BCUT2D eigenvalue weighted by atomic mass is 28.3. The van der Waals surface area contributed by atoms with E-state index in [0.29, 0.717) is 0 Å². The summed E-state index contributed by atoms with van der Waals surface area (Å²) in [6.07, 6.45) is 14.2. The van der Waals surface area contributed by atoms with E-state index < -0.39 is 8.07 Å². The average molecular weight is 266 g/mol. The number of hydrogen-bond donors (Lipinski definition) is 0. The van der Waals surface area contributed by atoms with E-state index in [1.165, 1.54) is 57.0 Å². The molecule has 0 aromatic rings. The van der Waals surface area contributed by atoms with Crippen LogP contribution in [-0.4, -0.2) is 20.8 Å². The van der Waals surface area contributed by atoms with E-state index in [4.69, 9.17) is 0 Å².